The number of nitrogens with zero attached hydrogens (tertiary/aromatic N) is 1. The Morgan fingerprint density at radius 2 is 2.43 bits per heavy atom. The quantitative estimate of drug-likeness (QED) is 0.765. The van der Waals surface area contributed by atoms with Crippen LogP contribution in [0, 0.1) is 0 Å². The zero-order valence-electron chi connectivity index (χ0n) is 8.22. The molecule has 78 valence electrons. The Morgan fingerprint density at radius 1 is 1.57 bits per heavy atom. The second-order valence-corrected chi connectivity index (χ2v) is 3.72. The van der Waals surface area contributed by atoms with Crippen LogP contribution in [0.15, 0.2) is 23.0 Å². The van der Waals surface area contributed by atoms with Gasteiger partial charge in [-0.15, -0.1) is 0 Å². The molecule has 1 aromatic heterocycles. The number of ether oxygens (including phenoxy) is 1. The standard InChI is InChI=1S/C10H15NO3/c1-11(4-8-2-3-13-5-8)9-6-14-7-10(9)12/h2-3,5,9-10,12H,4,6-7H2,1H3. The lowest BCUT2D eigenvalue weighted by Crippen LogP contribution is -2.39. The number of rotatable bonds is 3. The normalized spacial score (nSPS) is 27.4. The van der Waals surface area contributed by atoms with E-state index in [1.807, 2.05) is 13.1 Å². The van der Waals surface area contributed by atoms with Crippen molar-refractivity contribution >= 4 is 0 Å². The lowest BCUT2D eigenvalue weighted by Gasteiger charge is -2.24. The predicted molar refractivity (Wildman–Crippen MR) is 50.8 cm³/mol. The number of hydrogen-bond donors (Lipinski definition) is 1. The second-order valence-electron chi connectivity index (χ2n) is 3.72. The summed E-state index contributed by atoms with van der Waals surface area (Å²) in [7, 11) is 1.98. The first kappa shape index (κ1) is 9.71. The van der Waals surface area contributed by atoms with Crippen molar-refractivity contribution in [3.05, 3.63) is 24.2 Å². The fourth-order valence-corrected chi connectivity index (χ4v) is 1.74. The van der Waals surface area contributed by atoms with Crippen LogP contribution < -0.4 is 0 Å². The summed E-state index contributed by atoms with van der Waals surface area (Å²) in [5, 5.41) is 9.60. The van der Waals surface area contributed by atoms with Gasteiger partial charge in [0, 0.05) is 12.1 Å². The maximum Gasteiger partial charge on any atom is 0.0950 e. The first-order valence-electron chi connectivity index (χ1n) is 4.74. The van der Waals surface area contributed by atoms with Gasteiger partial charge in [0.05, 0.1) is 37.9 Å². The molecule has 0 radical (unpaired) electrons. The Morgan fingerprint density at radius 3 is 3.00 bits per heavy atom. The fraction of sp³-hybridized carbons (Fsp3) is 0.600. The number of likely N-dealkylation sites (N-methyl/N-ethyl adjacent to an activating group) is 1. The maximum atomic E-state index is 9.60. The van der Waals surface area contributed by atoms with Crippen molar-refractivity contribution in [2.24, 2.45) is 0 Å². The third-order valence-corrected chi connectivity index (χ3v) is 2.60. The third kappa shape index (κ3) is 1.97. The molecular weight excluding hydrogens is 182 g/mol. The molecule has 14 heavy (non-hydrogen) atoms. The summed E-state index contributed by atoms with van der Waals surface area (Å²) >= 11 is 0. The van der Waals surface area contributed by atoms with E-state index in [0.717, 1.165) is 12.1 Å². The Labute approximate surface area is 83.1 Å². The lowest BCUT2D eigenvalue weighted by atomic mass is 10.2. The molecule has 2 heterocycles. The molecule has 1 N–H and O–H groups in total. The van der Waals surface area contributed by atoms with E-state index < -0.39 is 0 Å². The summed E-state index contributed by atoms with van der Waals surface area (Å²) in [6.07, 6.45) is 3.01. The van der Waals surface area contributed by atoms with Crippen molar-refractivity contribution in [3.8, 4) is 0 Å². The molecule has 0 spiro atoms. The van der Waals surface area contributed by atoms with E-state index in [0.29, 0.717) is 13.2 Å². The highest BCUT2D eigenvalue weighted by molar-refractivity contribution is 5.05. The molecule has 1 saturated heterocycles. The number of furan rings is 1. The summed E-state index contributed by atoms with van der Waals surface area (Å²) in [5.74, 6) is 0. The topological polar surface area (TPSA) is 45.8 Å². The van der Waals surface area contributed by atoms with Crippen LogP contribution in [0.4, 0.5) is 0 Å². The average Bonchev–Trinajstić information content (AvgIpc) is 2.75. The monoisotopic (exact) mass is 197 g/mol. The Hall–Kier alpha value is -0.840. The Bertz CT molecular complexity index is 273. The maximum absolute atomic E-state index is 9.60. The lowest BCUT2D eigenvalue weighted by molar-refractivity contribution is 0.0924. The van der Waals surface area contributed by atoms with Crippen LogP contribution in [-0.4, -0.2) is 42.4 Å². The van der Waals surface area contributed by atoms with Gasteiger partial charge in [0.25, 0.3) is 0 Å². The molecule has 4 heteroatoms. The fourth-order valence-electron chi connectivity index (χ4n) is 1.74. The van der Waals surface area contributed by atoms with Gasteiger partial charge in [0.2, 0.25) is 0 Å². The highest BCUT2D eigenvalue weighted by Crippen LogP contribution is 2.14. The zero-order valence-corrected chi connectivity index (χ0v) is 8.22. The summed E-state index contributed by atoms with van der Waals surface area (Å²) < 4.78 is 10.2. The van der Waals surface area contributed by atoms with Crippen molar-refractivity contribution in [3.63, 3.8) is 0 Å². The molecule has 1 aliphatic rings. The van der Waals surface area contributed by atoms with Crippen LogP contribution in [0.1, 0.15) is 5.56 Å². The van der Waals surface area contributed by atoms with Crippen molar-refractivity contribution in [2.45, 2.75) is 18.7 Å². The molecular formula is C10H15NO3. The minimum atomic E-state index is -0.369. The second kappa shape index (κ2) is 4.13. The van der Waals surface area contributed by atoms with Gasteiger partial charge >= 0.3 is 0 Å². The van der Waals surface area contributed by atoms with Crippen molar-refractivity contribution in [1.29, 1.82) is 0 Å². The Kier molecular flexibility index (Phi) is 2.86. The molecule has 2 rings (SSSR count). The minimum Gasteiger partial charge on any atom is -0.472 e. The van der Waals surface area contributed by atoms with E-state index in [1.165, 1.54) is 0 Å². The predicted octanol–water partition coefficient (Wildman–Crippen LogP) is 0.471. The molecule has 0 aromatic carbocycles. The molecule has 0 amide bonds. The van der Waals surface area contributed by atoms with Gasteiger partial charge in [-0.25, -0.2) is 0 Å². The molecule has 1 aliphatic heterocycles. The third-order valence-electron chi connectivity index (χ3n) is 2.60. The van der Waals surface area contributed by atoms with Gasteiger partial charge in [-0.1, -0.05) is 0 Å². The number of aliphatic hydroxyl groups excluding tert-OH is 1. The van der Waals surface area contributed by atoms with E-state index in [2.05, 4.69) is 4.90 Å². The van der Waals surface area contributed by atoms with Crippen LogP contribution in [-0.2, 0) is 11.3 Å². The van der Waals surface area contributed by atoms with Crippen molar-refractivity contribution in [1.82, 2.24) is 4.90 Å². The number of aliphatic hydroxyl groups is 1. The molecule has 0 saturated carbocycles. The summed E-state index contributed by atoms with van der Waals surface area (Å²) in [5.41, 5.74) is 1.12. The zero-order chi connectivity index (χ0) is 9.97. The van der Waals surface area contributed by atoms with E-state index in [-0.39, 0.29) is 12.1 Å². The summed E-state index contributed by atoms with van der Waals surface area (Å²) in [6.45, 7) is 1.83. The van der Waals surface area contributed by atoms with Crippen LogP contribution in [0.25, 0.3) is 0 Å². The molecule has 2 unspecified atom stereocenters. The minimum absolute atomic E-state index is 0.102. The van der Waals surface area contributed by atoms with Crippen LogP contribution in [0.5, 0.6) is 0 Å². The van der Waals surface area contributed by atoms with Crippen LogP contribution in [0.3, 0.4) is 0 Å². The van der Waals surface area contributed by atoms with E-state index in [1.54, 1.807) is 12.5 Å². The molecule has 2 atom stereocenters. The SMILES string of the molecule is CN(Cc1ccoc1)C1COCC1O. The van der Waals surface area contributed by atoms with Crippen molar-refractivity contribution < 1.29 is 14.3 Å². The molecule has 1 aromatic rings. The average molecular weight is 197 g/mol. The molecule has 0 bridgehead atoms. The van der Waals surface area contributed by atoms with Gasteiger partial charge in [-0.3, -0.25) is 4.90 Å². The van der Waals surface area contributed by atoms with Gasteiger partial charge in [0.15, 0.2) is 0 Å². The largest absolute Gasteiger partial charge is 0.472 e. The summed E-state index contributed by atoms with van der Waals surface area (Å²) in [6, 6.07) is 2.03. The molecule has 1 fully saturated rings. The Balaban J connectivity index is 1.92. The first-order chi connectivity index (χ1) is 6.77. The first-order valence-corrected chi connectivity index (χ1v) is 4.74. The van der Waals surface area contributed by atoms with Gasteiger partial charge in [-0.05, 0) is 13.1 Å². The van der Waals surface area contributed by atoms with Crippen LogP contribution >= 0.6 is 0 Å². The van der Waals surface area contributed by atoms with Gasteiger partial charge < -0.3 is 14.3 Å². The number of hydrogen-bond acceptors (Lipinski definition) is 4. The van der Waals surface area contributed by atoms with Gasteiger partial charge in [0.1, 0.15) is 0 Å². The van der Waals surface area contributed by atoms with E-state index >= 15 is 0 Å². The van der Waals surface area contributed by atoms with E-state index in [9.17, 15) is 5.11 Å². The van der Waals surface area contributed by atoms with Crippen molar-refractivity contribution in [2.75, 3.05) is 20.3 Å². The smallest absolute Gasteiger partial charge is 0.0950 e. The molecule has 0 aliphatic carbocycles. The highest BCUT2D eigenvalue weighted by Gasteiger charge is 2.29. The van der Waals surface area contributed by atoms with Crippen LogP contribution in [0.2, 0.25) is 0 Å². The summed E-state index contributed by atoms with van der Waals surface area (Å²) in [4.78, 5) is 2.09. The molecule has 4 nitrogen and oxygen atoms in total. The van der Waals surface area contributed by atoms with E-state index in [4.69, 9.17) is 9.15 Å². The van der Waals surface area contributed by atoms with Gasteiger partial charge in [-0.2, -0.15) is 0 Å². The highest BCUT2D eigenvalue weighted by atomic mass is 16.5.